The minimum atomic E-state index is -4.53. The largest absolute Gasteiger partial charge is 0.416 e. The molecule has 2 rings (SSSR count). The molecule has 2 N–H and O–H groups in total. The number of benzene rings is 1. The van der Waals surface area contributed by atoms with Gasteiger partial charge in [0.1, 0.15) is 0 Å². The molecule has 9 heteroatoms. The molecule has 1 heterocycles. The SMILES string of the molecule is CNc1ncc(F)c(Nc2cc(C(F)(F)F)ccc2Cl)n1. The van der Waals surface area contributed by atoms with Crippen LogP contribution in [0.3, 0.4) is 0 Å². The Morgan fingerprint density at radius 1 is 1.24 bits per heavy atom. The fourth-order valence-corrected chi connectivity index (χ4v) is 1.66. The van der Waals surface area contributed by atoms with Gasteiger partial charge in [-0.25, -0.2) is 9.37 Å². The van der Waals surface area contributed by atoms with E-state index in [1.54, 1.807) is 0 Å². The number of nitrogens with one attached hydrogen (secondary N) is 2. The third-order valence-corrected chi connectivity index (χ3v) is 2.84. The van der Waals surface area contributed by atoms with Crippen molar-refractivity contribution >= 4 is 29.1 Å². The van der Waals surface area contributed by atoms with Crippen LogP contribution in [0.1, 0.15) is 5.56 Å². The van der Waals surface area contributed by atoms with E-state index in [4.69, 9.17) is 11.6 Å². The first-order chi connectivity index (χ1) is 9.81. The molecule has 0 unspecified atom stereocenters. The highest BCUT2D eigenvalue weighted by Crippen LogP contribution is 2.35. The second-order valence-electron chi connectivity index (χ2n) is 3.96. The summed E-state index contributed by atoms with van der Waals surface area (Å²) in [5.41, 5.74) is -1.01. The minimum Gasteiger partial charge on any atom is -0.357 e. The molecular weight excluding hydrogens is 312 g/mol. The highest BCUT2D eigenvalue weighted by Gasteiger charge is 2.31. The van der Waals surface area contributed by atoms with Gasteiger partial charge in [0.15, 0.2) is 11.6 Å². The third kappa shape index (κ3) is 3.52. The number of hydrogen-bond donors (Lipinski definition) is 2. The average molecular weight is 321 g/mol. The predicted octanol–water partition coefficient (Wildman–Crippen LogP) is 4.07. The van der Waals surface area contributed by atoms with Crippen molar-refractivity contribution in [3.05, 3.63) is 40.8 Å². The molecule has 0 saturated carbocycles. The first-order valence-electron chi connectivity index (χ1n) is 5.65. The summed E-state index contributed by atoms with van der Waals surface area (Å²) in [5, 5.41) is 5.02. The van der Waals surface area contributed by atoms with Crippen LogP contribution in [0, 0.1) is 5.82 Å². The van der Waals surface area contributed by atoms with Crippen LogP contribution in [0.4, 0.5) is 35.0 Å². The van der Waals surface area contributed by atoms with Crippen molar-refractivity contribution in [2.45, 2.75) is 6.18 Å². The number of rotatable bonds is 3. The predicted molar refractivity (Wildman–Crippen MR) is 71.3 cm³/mol. The zero-order valence-corrected chi connectivity index (χ0v) is 11.3. The Labute approximate surface area is 122 Å². The van der Waals surface area contributed by atoms with Gasteiger partial charge in [-0.3, -0.25) is 0 Å². The van der Waals surface area contributed by atoms with E-state index >= 15 is 0 Å². The molecule has 0 aliphatic rings. The van der Waals surface area contributed by atoms with Gasteiger partial charge in [-0.2, -0.15) is 18.2 Å². The summed E-state index contributed by atoms with van der Waals surface area (Å²) in [4.78, 5) is 7.40. The van der Waals surface area contributed by atoms with Crippen molar-refractivity contribution in [1.29, 1.82) is 0 Å². The Bertz CT molecular complexity index is 660. The molecule has 0 spiro atoms. The zero-order valence-electron chi connectivity index (χ0n) is 10.6. The van der Waals surface area contributed by atoms with Crippen molar-refractivity contribution < 1.29 is 17.6 Å². The average Bonchev–Trinajstić information content (AvgIpc) is 2.42. The summed E-state index contributed by atoms with van der Waals surface area (Å²) in [5.74, 6) is -0.986. The van der Waals surface area contributed by atoms with Crippen LogP contribution in [-0.4, -0.2) is 17.0 Å². The molecule has 21 heavy (non-hydrogen) atoms. The summed E-state index contributed by atoms with van der Waals surface area (Å²) in [7, 11) is 1.52. The third-order valence-electron chi connectivity index (χ3n) is 2.51. The topological polar surface area (TPSA) is 49.8 Å². The summed E-state index contributed by atoms with van der Waals surface area (Å²) >= 11 is 5.81. The van der Waals surface area contributed by atoms with Gasteiger partial charge in [-0.15, -0.1) is 0 Å². The maximum Gasteiger partial charge on any atom is 0.416 e. The number of anilines is 3. The van der Waals surface area contributed by atoms with E-state index in [0.29, 0.717) is 0 Å². The molecular formula is C12H9ClF4N4. The van der Waals surface area contributed by atoms with E-state index in [-0.39, 0.29) is 22.5 Å². The molecule has 2 aromatic rings. The lowest BCUT2D eigenvalue weighted by Gasteiger charge is -2.12. The number of hydrogen-bond acceptors (Lipinski definition) is 4. The molecule has 0 aliphatic carbocycles. The van der Waals surface area contributed by atoms with E-state index < -0.39 is 17.6 Å². The molecule has 0 fully saturated rings. The van der Waals surface area contributed by atoms with Gasteiger partial charge < -0.3 is 10.6 Å². The van der Waals surface area contributed by atoms with Gasteiger partial charge in [0.25, 0.3) is 0 Å². The van der Waals surface area contributed by atoms with Crippen molar-refractivity contribution in [2.75, 3.05) is 17.7 Å². The van der Waals surface area contributed by atoms with Crippen LogP contribution < -0.4 is 10.6 Å². The quantitative estimate of drug-likeness (QED) is 0.837. The summed E-state index contributed by atoms with van der Waals surface area (Å²) < 4.78 is 51.5. The van der Waals surface area contributed by atoms with Crippen LogP contribution in [-0.2, 0) is 6.18 Å². The van der Waals surface area contributed by atoms with Crippen LogP contribution in [0.15, 0.2) is 24.4 Å². The molecule has 0 saturated heterocycles. The normalized spacial score (nSPS) is 11.3. The fourth-order valence-electron chi connectivity index (χ4n) is 1.50. The lowest BCUT2D eigenvalue weighted by molar-refractivity contribution is -0.137. The number of aromatic nitrogens is 2. The van der Waals surface area contributed by atoms with Crippen molar-refractivity contribution in [3.63, 3.8) is 0 Å². The summed E-state index contributed by atoms with van der Waals surface area (Å²) in [6.07, 6.45) is -3.63. The van der Waals surface area contributed by atoms with Gasteiger partial charge in [-0.05, 0) is 18.2 Å². The Kier molecular flexibility index (Phi) is 4.17. The lowest BCUT2D eigenvalue weighted by atomic mass is 10.2. The molecule has 1 aromatic carbocycles. The van der Waals surface area contributed by atoms with Crippen molar-refractivity contribution in [3.8, 4) is 0 Å². The second-order valence-corrected chi connectivity index (χ2v) is 4.36. The van der Waals surface area contributed by atoms with Crippen LogP contribution >= 0.6 is 11.6 Å². The lowest BCUT2D eigenvalue weighted by Crippen LogP contribution is -2.07. The Morgan fingerprint density at radius 3 is 2.57 bits per heavy atom. The number of nitrogens with zero attached hydrogens (tertiary/aromatic N) is 2. The molecule has 112 valence electrons. The first kappa shape index (κ1) is 15.3. The molecule has 0 atom stereocenters. The molecule has 0 bridgehead atoms. The highest BCUT2D eigenvalue weighted by molar-refractivity contribution is 6.33. The Hall–Kier alpha value is -2.09. The first-order valence-corrected chi connectivity index (χ1v) is 6.03. The van der Waals surface area contributed by atoms with Crippen LogP contribution in [0.25, 0.3) is 0 Å². The van der Waals surface area contributed by atoms with Crippen molar-refractivity contribution in [2.24, 2.45) is 0 Å². The standard InChI is InChI=1S/C12H9ClF4N4/c1-18-11-19-5-8(14)10(21-11)20-9-4-6(12(15,16)17)2-3-7(9)13/h2-5H,1H3,(H2,18,19,20,21). The monoisotopic (exact) mass is 320 g/mol. The molecule has 0 amide bonds. The van der Waals surface area contributed by atoms with E-state index in [9.17, 15) is 17.6 Å². The van der Waals surface area contributed by atoms with Gasteiger partial charge in [0.2, 0.25) is 5.95 Å². The van der Waals surface area contributed by atoms with Crippen LogP contribution in [0.2, 0.25) is 5.02 Å². The minimum absolute atomic E-state index is 0.00650. The van der Waals surface area contributed by atoms with Gasteiger partial charge in [0, 0.05) is 7.05 Å². The second kappa shape index (κ2) is 5.72. The van der Waals surface area contributed by atoms with E-state index in [0.717, 1.165) is 24.4 Å². The fraction of sp³-hybridized carbons (Fsp3) is 0.167. The van der Waals surface area contributed by atoms with Gasteiger partial charge in [-0.1, -0.05) is 11.6 Å². The number of alkyl halides is 3. The molecule has 1 aromatic heterocycles. The zero-order chi connectivity index (χ0) is 15.6. The Balaban J connectivity index is 2.39. The van der Waals surface area contributed by atoms with Crippen LogP contribution in [0.5, 0.6) is 0 Å². The smallest absolute Gasteiger partial charge is 0.357 e. The Morgan fingerprint density at radius 2 is 1.95 bits per heavy atom. The highest BCUT2D eigenvalue weighted by atomic mass is 35.5. The summed E-state index contributed by atoms with van der Waals surface area (Å²) in [6, 6.07) is 2.69. The van der Waals surface area contributed by atoms with Gasteiger partial charge in [0.05, 0.1) is 22.5 Å². The molecule has 4 nitrogen and oxygen atoms in total. The number of halogens is 5. The summed E-state index contributed by atoms with van der Waals surface area (Å²) in [6.45, 7) is 0. The van der Waals surface area contributed by atoms with E-state index in [1.807, 2.05) is 0 Å². The van der Waals surface area contributed by atoms with Crippen molar-refractivity contribution in [1.82, 2.24) is 9.97 Å². The maximum absolute atomic E-state index is 13.6. The molecule has 0 radical (unpaired) electrons. The van der Waals surface area contributed by atoms with Gasteiger partial charge >= 0.3 is 6.18 Å². The van der Waals surface area contributed by atoms with E-state index in [2.05, 4.69) is 20.6 Å². The maximum atomic E-state index is 13.6. The molecule has 0 aliphatic heterocycles. The van der Waals surface area contributed by atoms with E-state index in [1.165, 1.54) is 7.05 Å².